The zero-order valence-electron chi connectivity index (χ0n) is 74.4. The number of hydrogen-bond acceptors (Lipinski definition) is 24. The molecule has 0 bridgehead atoms. The summed E-state index contributed by atoms with van der Waals surface area (Å²) in [5.74, 6) is -2.26. The minimum absolute atomic E-state index is 0.0174. The summed E-state index contributed by atoms with van der Waals surface area (Å²) in [6.07, 6.45) is 26.6. The van der Waals surface area contributed by atoms with Crippen molar-refractivity contribution in [2.75, 3.05) is 26.4 Å². The quantitative estimate of drug-likeness (QED) is 0.0117. The molecule has 0 radical (unpaired) electrons. The Hall–Kier alpha value is -2.53. The summed E-state index contributed by atoms with van der Waals surface area (Å²) in [7, 11) is -5.80. The van der Waals surface area contributed by atoms with Crippen LogP contribution in [-0.4, -0.2) is 205 Å². The highest BCUT2D eigenvalue weighted by atomic mass is 31.2. The Morgan fingerprint density at radius 1 is 0.331 bits per heavy atom. The minimum atomic E-state index is -5.80. The highest BCUT2D eigenvalue weighted by Crippen LogP contribution is 2.49. The smallest absolute Gasteiger partial charge is 0.463 e. The van der Waals surface area contributed by atoms with Gasteiger partial charge >= 0.3 is 31.7 Å². The summed E-state index contributed by atoms with van der Waals surface area (Å²) in [5.41, 5.74) is 0. The third kappa shape index (κ3) is 50.6. The fourth-order valence-electron chi connectivity index (χ4n) is 16.3. The fraction of sp³-hybridized carbons (Fsp3) is 0.957. The molecule has 25 nitrogen and oxygen atoms in total. The molecule has 1 saturated carbocycles. The van der Waals surface area contributed by atoms with Crippen LogP contribution in [0.25, 0.3) is 0 Å². The maximum Gasteiger partial charge on any atom is 0.472 e. The summed E-state index contributed by atoms with van der Waals surface area (Å²) in [4.78, 5) is 66.5. The molecule has 19 unspecified atom stereocenters. The van der Waals surface area contributed by atoms with Crippen molar-refractivity contribution in [3.05, 3.63) is 0 Å². The molecule has 26 heteroatoms. The first-order chi connectivity index (χ1) is 57.1. The standard InChI is InChI=1S/C92H173O25P/c1-6-10-14-18-22-25-28-31-33-36-39-42-45-53-59-65-77(96)111-72(68-108-75(94)63-57-51-44-41-38-35-30-27-24-20-16-12-8-3)69-110-118(106,107)117-90-88(115-91-85(104)81(100)79(98)73(67-93)112-91)84(103)83(102)87(114-78(97)66-60-54-46-43-40-37-34-32-29-26-23-19-15-11-7-2)89(90)116-92-86(105)82(101)80(99)74(113-92)70-109-76(95)64-58-52-48-47-50-56-62-71(5)61-55-49-21-17-13-9-4/h71-74,79-93,98-105H,6-70H2,1-5H3,(H,106,107). The van der Waals surface area contributed by atoms with Gasteiger partial charge in [-0.2, -0.15) is 0 Å². The molecule has 0 aromatic heterocycles. The molecule has 2 aliphatic heterocycles. The van der Waals surface area contributed by atoms with Gasteiger partial charge in [-0.25, -0.2) is 4.57 Å². The van der Waals surface area contributed by atoms with Gasteiger partial charge in [-0.1, -0.05) is 375 Å². The first kappa shape index (κ1) is 110. The normalized spacial score (nSPS) is 25.1. The van der Waals surface area contributed by atoms with E-state index in [0.717, 1.165) is 128 Å². The molecule has 3 rings (SSSR count). The molecule has 2 heterocycles. The van der Waals surface area contributed by atoms with Crippen LogP contribution in [0.3, 0.4) is 0 Å². The van der Waals surface area contributed by atoms with Gasteiger partial charge in [0.15, 0.2) is 24.8 Å². The van der Waals surface area contributed by atoms with Gasteiger partial charge in [0.25, 0.3) is 0 Å². The molecular formula is C92H173O25P. The van der Waals surface area contributed by atoms with Crippen molar-refractivity contribution >= 4 is 31.7 Å². The number of ether oxygens (including phenoxy) is 8. The van der Waals surface area contributed by atoms with Crippen LogP contribution >= 0.6 is 7.82 Å². The number of rotatable bonds is 78. The van der Waals surface area contributed by atoms with Crippen molar-refractivity contribution in [3.8, 4) is 0 Å². The number of carbonyl (C=O) groups is 4. The molecule has 3 aliphatic rings. The first-order valence-electron chi connectivity index (χ1n) is 48.2. The topological polar surface area (TPSA) is 380 Å². The number of esters is 4. The molecule has 1 aliphatic carbocycles. The molecule has 0 amide bonds. The lowest BCUT2D eigenvalue weighted by Crippen LogP contribution is -2.70. The summed E-state index contributed by atoms with van der Waals surface area (Å²) >= 11 is 0. The number of carbonyl (C=O) groups excluding carboxylic acids is 4. The third-order valence-electron chi connectivity index (χ3n) is 24.0. The molecule has 0 spiro atoms. The van der Waals surface area contributed by atoms with E-state index >= 15 is 0 Å². The summed E-state index contributed by atoms with van der Waals surface area (Å²) < 4.78 is 73.5. The van der Waals surface area contributed by atoms with Crippen LogP contribution in [0.15, 0.2) is 0 Å². The number of hydrogen-bond donors (Lipinski definition) is 10. The zero-order chi connectivity index (χ0) is 86.2. The Kier molecular flexibility index (Phi) is 65.6. The lowest BCUT2D eigenvalue weighted by molar-refractivity contribution is -0.360. The van der Waals surface area contributed by atoms with Crippen molar-refractivity contribution in [1.29, 1.82) is 0 Å². The molecule has 2 saturated heterocycles. The second kappa shape index (κ2) is 70.6. The Morgan fingerprint density at radius 2 is 0.636 bits per heavy atom. The number of unbranched alkanes of at least 4 members (excludes halogenated alkanes) is 50. The molecule has 118 heavy (non-hydrogen) atoms. The van der Waals surface area contributed by atoms with Gasteiger partial charge in [-0.05, 0) is 31.6 Å². The highest BCUT2D eigenvalue weighted by Gasteiger charge is 2.60. The Balaban J connectivity index is 1.91. The van der Waals surface area contributed by atoms with Gasteiger partial charge in [0.2, 0.25) is 0 Å². The maximum absolute atomic E-state index is 14.9. The van der Waals surface area contributed by atoms with Crippen molar-refractivity contribution < 1.29 is 122 Å². The number of phosphoric acid groups is 1. The van der Waals surface area contributed by atoms with Crippen molar-refractivity contribution in [3.63, 3.8) is 0 Å². The van der Waals surface area contributed by atoms with Crippen molar-refractivity contribution in [2.24, 2.45) is 5.92 Å². The van der Waals surface area contributed by atoms with Gasteiger partial charge in [0, 0.05) is 25.7 Å². The van der Waals surface area contributed by atoms with Crippen molar-refractivity contribution in [1.82, 2.24) is 0 Å². The number of aliphatic hydroxyl groups excluding tert-OH is 9. The predicted octanol–water partition coefficient (Wildman–Crippen LogP) is 18.0. The van der Waals surface area contributed by atoms with Gasteiger partial charge in [-0.3, -0.25) is 28.2 Å². The Labute approximate surface area is 712 Å². The summed E-state index contributed by atoms with van der Waals surface area (Å²) in [6.45, 7) is 7.96. The SMILES string of the molecule is CCCCCCCCCCCCCCCCCC(=O)OC(COC(=O)CCCCCCCCCCCCCCC)COP(=O)(O)OC1C(OC2OC(CO)C(O)C(O)C2O)C(O)C(O)C(OC(=O)CCCCCCCCCCCCCCCCC)C1OC1OC(COC(=O)CCCCCCCCC(C)CCCCCCCC)C(O)C(O)C1O. The molecule has 0 aromatic rings. The molecule has 19 atom stereocenters. The van der Waals surface area contributed by atoms with E-state index in [1.54, 1.807) is 0 Å². The van der Waals surface area contributed by atoms with E-state index in [1.807, 2.05) is 0 Å². The van der Waals surface area contributed by atoms with E-state index in [9.17, 15) is 74.6 Å². The second-order valence-electron chi connectivity index (χ2n) is 34.9. The average Bonchev–Trinajstić information content (AvgIpc) is 0.755. The van der Waals surface area contributed by atoms with E-state index in [-0.39, 0.29) is 25.7 Å². The van der Waals surface area contributed by atoms with Crippen LogP contribution in [0.5, 0.6) is 0 Å². The minimum Gasteiger partial charge on any atom is -0.463 e. The van der Waals surface area contributed by atoms with Crippen LogP contribution in [0.2, 0.25) is 0 Å². The summed E-state index contributed by atoms with van der Waals surface area (Å²) in [6, 6.07) is 0. The van der Waals surface area contributed by atoms with E-state index in [0.29, 0.717) is 38.0 Å². The number of phosphoric ester groups is 1. The van der Waals surface area contributed by atoms with Gasteiger partial charge in [-0.15, -0.1) is 0 Å². The maximum atomic E-state index is 14.9. The van der Waals surface area contributed by atoms with E-state index < -0.39 is 162 Å². The number of aliphatic hydroxyl groups is 9. The van der Waals surface area contributed by atoms with Crippen LogP contribution in [0.1, 0.15) is 426 Å². The van der Waals surface area contributed by atoms with Crippen molar-refractivity contribution in [2.45, 2.75) is 530 Å². The van der Waals surface area contributed by atoms with Gasteiger partial charge < -0.3 is 88.7 Å². The van der Waals surface area contributed by atoms with E-state index in [2.05, 4.69) is 34.6 Å². The molecule has 0 aromatic carbocycles. The molecule has 10 N–H and O–H groups in total. The highest BCUT2D eigenvalue weighted by molar-refractivity contribution is 7.47. The molecular weight excluding hydrogens is 1540 g/mol. The van der Waals surface area contributed by atoms with Crippen LogP contribution in [-0.2, 0) is 70.7 Å². The Morgan fingerprint density at radius 3 is 1.01 bits per heavy atom. The Bertz CT molecular complexity index is 2470. The monoisotopic (exact) mass is 1710 g/mol. The first-order valence-corrected chi connectivity index (χ1v) is 49.7. The van der Waals surface area contributed by atoms with Crippen LogP contribution in [0, 0.1) is 5.92 Å². The zero-order valence-corrected chi connectivity index (χ0v) is 75.3. The van der Waals surface area contributed by atoms with Crippen LogP contribution < -0.4 is 0 Å². The largest absolute Gasteiger partial charge is 0.472 e. The van der Waals surface area contributed by atoms with Gasteiger partial charge in [0.05, 0.1) is 13.2 Å². The summed E-state index contributed by atoms with van der Waals surface area (Å²) in [5, 5.41) is 102. The average molecular weight is 1710 g/mol. The lowest BCUT2D eigenvalue weighted by Gasteiger charge is -2.50. The molecule has 696 valence electrons. The predicted molar refractivity (Wildman–Crippen MR) is 458 cm³/mol. The van der Waals surface area contributed by atoms with Crippen LogP contribution in [0.4, 0.5) is 0 Å². The second-order valence-corrected chi connectivity index (χ2v) is 36.3. The lowest BCUT2D eigenvalue weighted by atomic mass is 9.84. The van der Waals surface area contributed by atoms with E-state index in [1.165, 1.54) is 205 Å². The molecule has 3 fully saturated rings. The van der Waals surface area contributed by atoms with E-state index in [4.69, 9.17) is 46.9 Å². The van der Waals surface area contributed by atoms with Gasteiger partial charge in [0.1, 0.15) is 92.6 Å². The fourth-order valence-corrected chi connectivity index (χ4v) is 17.2. The third-order valence-corrected chi connectivity index (χ3v) is 25.0.